The van der Waals surface area contributed by atoms with Crippen molar-refractivity contribution < 1.29 is 4.74 Å². The molecule has 2 aliphatic heterocycles. The maximum absolute atomic E-state index is 6.20. The molecule has 2 fully saturated rings. The first kappa shape index (κ1) is 18.9. The number of nitrogen functional groups attached to an aromatic ring is 1. The van der Waals surface area contributed by atoms with Crippen molar-refractivity contribution in [2.24, 2.45) is 11.3 Å². The van der Waals surface area contributed by atoms with Crippen LogP contribution in [0.2, 0.25) is 0 Å². The zero-order chi connectivity index (χ0) is 20.4. The Bertz CT molecular complexity index is 973. The molecule has 1 aromatic heterocycles. The van der Waals surface area contributed by atoms with E-state index in [0.29, 0.717) is 11.7 Å². The predicted molar refractivity (Wildman–Crippen MR) is 120 cm³/mol. The number of ether oxygens (including phenoxy) is 1. The Morgan fingerprint density at radius 2 is 1.67 bits per heavy atom. The summed E-state index contributed by atoms with van der Waals surface area (Å²) in [5.74, 6) is 2.06. The van der Waals surface area contributed by atoms with Crippen LogP contribution in [0.25, 0.3) is 0 Å². The Morgan fingerprint density at radius 1 is 0.933 bits per heavy atom. The van der Waals surface area contributed by atoms with Crippen LogP contribution in [0.4, 0.5) is 11.5 Å². The van der Waals surface area contributed by atoms with Crippen LogP contribution in [0.15, 0.2) is 79.0 Å². The van der Waals surface area contributed by atoms with Gasteiger partial charge in [0, 0.05) is 61.5 Å². The molecule has 3 heterocycles. The van der Waals surface area contributed by atoms with E-state index in [0.717, 1.165) is 50.6 Å². The monoisotopic (exact) mass is 400 g/mol. The second-order valence-corrected chi connectivity index (χ2v) is 8.59. The third kappa shape index (κ3) is 3.73. The highest BCUT2D eigenvalue weighted by atomic mass is 16.5. The number of nitrogens with two attached hydrogens (primary N) is 1. The van der Waals surface area contributed by atoms with Crippen LogP contribution in [0.1, 0.15) is 5.56 Å². The highest BCUT2D eigenvalue weighted by molar-refractivity contribution is 5.50. The van der Waals surface area contributed by atoms with Gasteiger partial charge in [-0.3, -0.25) is 4.90 Å². The first-order valence-corrected chi connectivity index (χ1v) is 10.6. The van der Waals surface area contributed by atoms with Crippen molar-refractivity contribution in [1.29, 1.82) is 0 Å². The Labute approximate surface area is 178 Å². The van der Waals surface area contributed by atoms with Crippen molar-refractivity contribution in [1.82, 2.24) is 9.88 Å². The van der Waals surface area contributed by atoms with Gasteiger partial charge in [-0.25, -0.2) is 4.98 Å². The number of benzene rings is 2. The van der Waals surface area contributed by atoms with Crippen LogP contribution in [-0.2, 0) is 6.54 Å². The minimum Gasteiger partial charge on any atom is -0.493 e. The van der Waals surface area contributed by atoms with Crippen molar-refractivity contribution in [2.75, 3.05) is 43.4 Å². The lowest BCUT2D eigenvalue weighted by atomic mass is 9.71. The molecular formula is C25H28N4O. The van der Waals surface area contributed by atoms with E-state index in [-0.39, 0.29) is 5.41 Å². The summed E-state index contributed by atoms with van der Waals surface area (Å²) >= 11 is 0. The molecule has 30 heavy (non-hydrogen) atoms. The highest BCUT2D eigenvalue weighted by Gasteiger charge is 2.54. The van der Waals surface area contributed by atoms with Crippen molar-refractivity contribution in [3.05, 3.63) is 84.6 Å². The largest absolute Gasteiger partial charge is 0.493 e. The van der Waals surface area contributed by atoms with Gasteiger partial charge in [0.15, 0.2) is 0 Å². The molecule has 2 aromatic carbocycles. The molecule has 5 rings (SSSR count). The normalized spacial score (nSPS) is 20.3. The van der Waals surface area contributed by atoms with Gasteiger partial charge in [0.25, 0.3) is 0 Å². The van der Waals surface area contributed by atoms with Gasteiger partial charge in [-0.1, -0.05) is 42.5 Å². The second kappa shape index (κ2) is 8.00. The maximum atomic E-state index is 6.20. The van der Waals surface area contributed by atoms with Crippen molar-refractivity contribution in [3.63, 3.8) is 0 Å². The molecule has 2 N–H and O–H groups in total. The SMILES string of the molecule is Nc1ncccc1CN1CC(COc2ccccc2)C2(C1)CN(c1ccccc1)C2. The summed E-state index contributed by atoms with van der Waals surface area (Å²) < 4.78 is 6.20. The van der Waals surface area contributed by atoms with Crippen LogP contribution in [0.3, 0.4) is 0 Å². The minimum atomic E-state index is 0.252. The summed E-state index contributed by atoms with van der Waals surface area (Å²) in [4.78, 5) is 9.26. The van der Waals surface area contributed by atoms with Crippen LogP contribution in [0.5, 0.6) is 5.75 Å². The zero-order valence-corrected chi connectivity index (χ0v) is 17.2. The lowest BCUT2D eigenvalue weighted by Crippen LogP contribution is -2.61. The number of anilines is 2. The number of rotatable bonds is 6. The molecule has 0 bridgehead atoms. The fourth-order valence-corrected chi connectivity index (χ4v) is 4.93. The number of likely N-dealkylation sites (tertiary alicyclic amines) is 1. The van der Waals surface area contributed by atoms with Crippen LogP contribution in [-0.4, -0.2) is 42.7 Å². The molecule has 0 aliphatic carbocycles. The number of para-hydroxylation sites is 2. The maximum Gasteiger partial charge on any atom is 0.127 e. The quantitative estimate of drug-likeness (QED) is 0.684. The standard InChI is InChI=1S/C25H28N4O/c26-24-20(8-7-13-27-24)14-28-15-21(16-30-23-11-5-2-6-12-23)25(17-28)18-29(19-25)22-9-3-1-4-10-22/h1-13,21H,14-19H2,(H2,26,27). The van der Waals surface area contributed by atoms with Gasteiger partial charge < -0.3 is 15.4 Å². The average Bonchev–Trinajstić information content (AvgIpc) is 3.13. The molecule has 1 atom stereocenters. The molecule has 0 amide bonds. The van der Waals surface area contributed by atoms with E-state index >= 15 is 0 Å². The summed E-state index contributed by atoms with van der Waals surface area (Å²) in [6.45, 7) is 5.80. The van der Waals surface area contributed by atoms with E-state index in [1.807, 2.05) is 36.4 Å². The smallest absolute Gasteiger partial charge is 0.127 e. The van der Waals surface area contributed by atoms with E-state index in [1.165, 1.54) is 5.69 Å². The molecule has 0 saturated carbocycles. The van der Waals surface area contributed by atoms with Gasteiger partial charge in [-0.2, -0.15) is 0 Å². The van der Waals surface area contributed by atoms with Crippen LogP contribution >= 0.6 is 0 Å². The molecule has 3 aromatic rings. The first-order valence-electron chi connectivity index (χ1n) is 10.6. The molecule has 0 radical (unpaired) electrons. The number of nitrogens with zero attached hydrogens (tertiary/aromatic N) is 3. The minimum absolute atomic E-state index is 0.252. The Balaban J connectivity index is 1.31. The third-order valence-electron chi connectivity index (χ3n) is 6.53. The van der Waals surface area contributed by atoms with Gasteiger partial charge in [0.05, 0.1) is 6.61 Å². The second-order valence-electron chi connectivity index (χ2n) is 8.59. The number of pyridine rings is 1. The summed E-state index contributed by atoms with van der Waals surface area (Å²) in [6.07, 6.45) is 1.75. The van der Waals surface area contributed by atoms with Gasteiger partial charge in [0.2, 0.25) is 0 Å². The van der Waals surface area contributed by atoms with E-state index in [4.69, 9.17) is 10.5 Å². The zero-order valence-electron chi connectivity index (χ0n) is 17.2. The molecule has 5 nitrogen and oxygen atoms in total. The summed E-state index contributed by atoms with van der Waals surface area (Å²) in [7, 11) is 0. The summed E-state index contributed by atoms with van der Waals surface area (Å²) in [6, 6.07) is 24.9. The van der Waals surface area contributed by atoms with Crippen LogP contribution < -0.4 is 15.4 Å². The predicted octanol–water partition coefficient (Wildman–Crippen LogP) is 3.68. The Hall–Kier alpha value is -3.05. The lowest BCUT2D eigenvalue weighted by Gasteiger charge is -2.52. The van der Waals surface area contributed by atoms with Crippen molar-refractivity contribution in [3.8, 4) is 5.75 Å². The third-order valence-corrected chi connectivity index (χ3v) is 6.53. The fraction of sp³-hybridized carbons (Fsp3) is 0.320. The molecule has 2 aliphatic rings. The first-order chi connectivity index (χ1) is 14.7. The Morgan fingerprint density at radius 3 is 2.40 bits per heavy atom. The fourth-order valence-electron chi connectivity index (χ4n) is 4.93. The van der Waals surface area contributed by atoms with Crippen molar-refractivity contribution in [2.45, 2.75) is 6.54 Å². The van der Waals surface area contributed by atoms with E-state index in [9.17, 15) is 0 Å². The Kier molecular flexibility index (Phi) is 5.05. The highest BCUT2D eigenvalue weighted by Crippen LogP contribution is 2.46. The summed E-state index contributed by atoms with van der Waals surface area (Å²) in [5.41, 5.74) is 8.78. The number of hydrogen-bond donors (Lipinski definition) is 1. The van der Waals surface area contributed by atoms with Gasteiger partial charge in [0.1, 0.15) is 11.6 Å². The molecular weight excluding hydrogens is 372 g/mol. The molecule has 2 saturated heterocycles. The van der Waals surface area contributed by atoms with Crippen LogP contribution in [0, 0.1) is 11.3 Å². The lowest BCUT2D eigenvalue weighted by molar-refractivity contribution is 0.111. The van der Waals surface area contributed by atoms with E-state index in [2.05, 4.69) is 51.2 Å². The van der Waals surface area contributed by atoms with Gasteiger partial charge in [-0.15, -0.1) is 0 Å². The summed E-state index contributed by atoms with van der Waals surface area (Å²) in [5, 5.41) is 0. The van der Waals surface area contributed by atoms with E-state index < -0.39 is 0 Å². The molecule has 1 spiro atoms. The topological polar surface area (TPSA) is 54.6 Å². The van der Waals surface area contributed by atoms with Crippen molar-refractivity contribution >= 4 is 11.5 Å². The van der Waals surface area contributed by atoms with Gasteiger partial charge in [-0.05, 0) is 30.3 Å². The van der Waals surface area contributed by atoms with E-state index in [1.54, 1.807) is 6.20 Å². The number of hydrogen-bond acceptors (Lipinski definition) is 5. The molecule has 5 heteroatoms. The molecule has 154 valence electrons. The average molecular weight is 401 g/mol. The number of aromatic nitrogens is 1. The molecule has 1 unspecified atom stereocenters. The van der Waals surface area contributed by atoms with Gasteiger partial charge >= 0.3 is 0 Å².